The monoisotopic (exact) mass is 188 g/mol. The van der Waals surface area contributed by atoms with Crippen molar-refractivity contribution >= 4 is 14.0 Å². The highest BCUT2D eigenvalue weighted by Gasteiger charge is 2.40. The first-order chi connectivity index (χ1) is 6.02. The molecule has 4 unspecified atom stereocenters. The summed E-state index contributed by atoms with van der Waals surface area (Å²) in [6, 6.07) is -1.00. The summed E-state index contributed by atoms with van der Waals surface area (Å²) in [4.78, 5) is 9.97. The third-order valence-corrected chi connectivity index (χ3v) is 1.77. The lowest BCUT2D eigenvalue weighted by Gasteiger charge is -2.13. The van der Waals surface area contributed by atoms with Crippen molar-refractivity contribution in [1.82, 2.24) is 0 Å². The molecule has 0 spiro atoms. The first-order valence-electron chi connectivity index (χ1n) is 3.65. The number of aliphatic hydroxyl groups is 2. The summed E-state index contributed by atoms with van der Waals surface area (Å²) in [6.07, 6.45) is -4.79. The quantitative estimate of drug-likeness (QED) is 0.353. The molecule has 7 heteroatoms. The van der Waals surface area contributed by atoms with Gasteiger partial charge >= 0.3 is 6.16 Å². The Labute approximate surface area is 75.5 Å². The maximum Gasteiger partial charge on any atom is 0.505 e. The van der Waals surface area contributed by atoms with Crippen molar-refractivity contribution in [3.8, 4) is 0 Å². The van der Waals surface area contributed by atoms with E-state index in [1.807, 2.05) is 0 Å². The van der Waals surface area contributed by atoms with Gasteiger partial charge in [-0.25, -0.2) is 4.79 Å². The molecule has 1 aliphatic heterocycles. The summed E-state index contributed by atoms with van der Waals surface area (Å²) in [5.74, 6) is 0. The molecule has 4 atom stereocenters. The highest BCUT2D eigenvalue weighted by molar-refractivity contribution is 6.11. The van der Waals surface area contributed by atoms with Crippen LogP contribution in [0, 0.1) is 0 Å². The van der Waals surface area contributed by atoms with E-state index in [-0.39, 0.29) is 6.61 Å². The van der Waals surface area contributed by atoms with Crippen molar-refractivity contribution in [2.75, 3.05) is 6.61 Å². The summed E-state index contributed by atoms with van der Waals surface area (Å²) < 4.78 is 8.98. The smallest absolute Gasteiger partial charge is 0.450 e. The fraction of sp³-hybridized carbons (Fsp3) is 0.833. The minimum Gasteiger partial charge on any atom is -0.450 e. The van der Waals surface area contributed by atoms with Crippen molar-refractivity contribution in [3.63, 3.8) is 0 Å². The Balaban J connectivity index is 2.40. The lowest BCUT2D eigenvalue weighted by molar-refractivity contribution is -0.0236. The van der Waals surface area contributed by atoms with Gasteiger partial charge in [-0.05, 0) is 0 Å². The van der Waals surface area contributed by atoms with E-state index in [1.165, 1.54) is 0 Å². The number of hydrogen-bond donors (Lipinski definition) is 3. The first-order valence-corrected chi connectivity index (χ1v) is 3.65. The van der Waals surface area contributed by atoms with Crippen LogP contribution < -0.4 is 0 Å². The molecule has 13 heavy (non-hydrogen) atoms. The molecule has 0 aromatic rings. The number of carboxylic acid groups (broad SMARTS) is 1. The Morgan fingerprint density at radius 2 is 2.08 bits per heavy atom. The average Bonchev–Trinajstić information content (AvgIpc) is 2.29. The highest BCUT2D eigenvalue weighted by Crippen LogP contribution is 2.19. The minimum absolute atomic E-state index is 0.346. The van der Waals surface area contributed by atoms with Crippen molar-refractivity contribution in [2.45, 2.75) is 24.3 Å². The van der Waals surface area contributed by atoms with Crippen LogP contribution in [0.15, 0.2) is 0 Å². The third-order valence-electron chi connectivity index (χ3n) is 1.77. The molecule has 6 nitrogen and oxygen atoms in total. The van der Waals surface area contributed by atoms with Gasteiger partial charge < -0.3 is 24.8 Å². The van der Waals surface area contributed by atoms with Crippen LogP contribution >= 0.6 is 0 Å². The lowest BCUT2D eigenvalue weighted by Crippen LogP contribution is -2.34. The molecule has 1 fully saturated rings. The van der Waals surface area contributed by atoms with Crippen LogP contribution in [0.1, 0.15) is 0 Å². The molecule has 0 saturated carbocycles. The Hall–Kier alpha value is -0.785. The van der Waals surface area contributed by atoms with Crippen LogP contribution in [0.5, 0.6) is 0 Å². The van der Waals surface area contributed by atoms with Gasteiger partial charge in [-0.2, -0.15) is 0 Å². The second-order valence-corrected chi connectivity index (χ2v) is 2.70. The van der Waals surface area contributed by atoms with Gasteiger partial charge in [0, 0.05) is 6.00 Å². The average molecular weight is 188 g/mol. The highest BCUT2D eigenvalue weighted by atomic mass is 16.7. The summed E-state index contributed by atoms with van der Waals surface area (Å²) >= 11 is 0. The van der Waals surface area contributed by atoms with Crippen molar-refractivity contribution < 1.29 is 29.6 Å². The molecule has 1 rings (SSSR count). The maximum atomic E-state index is 9.97. The molecule has 0 amide bonds. The first kappa shape index (κ1) is 10.3. The minimum atomic E-state index is -1.47. The van der Waals surface area contributed by atoms with Crippen LogP contribution in [0.2, 0.25) is 0 Å². The number of carbonyl (C=O) groups is 1. The van der Waals surface area contributed by atoms with E-state index in [0.29, 0.717) is 0 Å². The fourth-order valence-electron chi connectivity index (χ4n) is 1.07. The molecule has 0 aromatic heterocycles. The second-order valence-electron chi connectivity index (χ2n) is 2.70. The van der Waals surface area contributed by atoms with E-state index in [1.54, 1.807) is 0 Å². The van der Waals surface area contributed by atoms with Gasteiger partial charge in [0.2, 0.25) is 0 Å². The Morgan fingerprint density at radius 1 is 1.46 bits per heavy atom. The standard InChI is InChI=1S/C6H9BO6/c7-5-4(9)3(8)2(13-5)1-12-6(10)11/h2-5,8-9H,1H2,(H,10,11). The largest absolute Gasteiger partial charge is 0.505 e. The van der Waals surface area contributed by atoms with Crippen LogP contribution in [0.3, 0.4) is 0 Å². The molecular formula is C6H9BO6. The van der Waals surface area contributed by atoms with Crippen LogP contribution in [-0.2, 0) is 9.47 Å². The van der Waals surface area contributed by atoms with Gasteiger partial charge in [-0.15, -0.1) is 0 Å². The van der Waals surface area contributed by atoms with Crippen molar-refractivity contribution in [1.29, 1.82) is 0 Å². The third kappa shape index (κ3) is 2.33. The van der Waals surface area contributed by atoms with Crippen molar-refractivity contribution in [3.05, 3.63) is 0 Å². The van der Waals surface area contributed by atoms with Crippen LogP contribution in [-0.4, -0.2) is 60.2 Å². The van der Waals surface area contributed by atoms with Gasteiger partial charge in [0.15, 0.2) is 0 Å². The van der Waals surface area contributed by atoms with Crippen molar-refractivity contribution in [2.24, 2.45) is 0 Å². The fourth-order valence-corrected chi connectivity index (χ4v) is 1.07. The zero-order chi connectivity index (χ0) is 10.0. The molecule has 0 bridgehead atoms. The van der Waals surface area contributed by atoms with Gasteiger partial charge in [-0.3, -0.25) is 0 Å². The zero-order valence-corrected chi connectivity index (χ0v) is 6.66. The molecule has 72 valence electrons. The number of ether oxygens (including phenoxy) is 2. The van der Waals surface area contributed by atoms with Gasteiger partial charge in [0.05, 0.1) is 0 Å². The van der Waals surface area contributed by atoms with E-state index >= 15 is 0 Å². The van der Waals surface area contributed by atoms with Gasteiger partial charge in [0.1, 0.15) is 32.8 Å². The summed E-state index contributed by atoms with van der Waals surface area (Å²) in [5, 5.41) is 26.5. The normalized spacial score (nSPS) is 38.9. The van der Waals surface area contributed by atoms with Crippen LogP contribution in [0.25, 0.3) is 0 Å². The van der Waals surface area contributed by atoms with E-state index < -0.39 is 30.5 Å². The molecule has 0 aromatic carbocycles. The Kier molecular flexibility index (Phi) is 3.13. The zero-order valence-electron chi connectivity index (χ0n) is 6.66. The number of aliphatic hydroxyl groups excluding tert-OH is 2. The van der Waals surface area contributed by atoms with Gasteiger partial charge in [0.25, 0.3) is 0 Å². The van der Waals surface area contributed by atoms with E-state index in [4.69, 9.17) is 22.8 Å². The maximum absolute atomic E-state index is 9.97. The van der Waals surface area contributed by atoms with Crippen LogP contribution in [0.4, 0.5) is 4.79 Å². The SMILES string of the molecule is [B]C1OC(COC(=O)O)C(O)C1O. The molecule has 1 aliphatic rings. The lowest BCUT2D eigenvalue weighted by atomic mass is 9.93. The molecule has 0 aliphatic carbocycles. The van der Waals surface area contributed by atoms with E-state index in [0.717, 1.165) is 0 Å². The number of hydrogen-bond acceptors (Lipinski definition) is 5. The predicted octanol–water partition coefficient (Wildman–Crippen LogP) is -1.70. The predicted molar refractivity (Wildman–Crippen MR) is 40.4 cm³/mol. The Morgan fingerprint density at radius 3 is 2.46 bits per heavy atom. The molecule has 2 radical (unpaired) electrons. The molecule has 1 saturated heterocycles. The topological polar surface area (TPSA) is 96.2 Å². The van der Waals surface area contributed by atoms with Gasteiger partial charge in [-0.1, -0.05) is 0 Å². The second kappa shape index (κ2) is 3.95. The Bertz CT molecular complexity index is 198. The number of rotatable bonds is 2. The molecule has 1 heterocycles. The summed E-state index contributed by atoms with van der Waals surface area (Å²) in [6.45, 7) is -0.346. The molecular weight excluding hydrogens is 179 g/mol. The molecule has 3 N–H and O–H groups in total. The summed E-state index contributed by atoms with van der Waals surface area (Å²) in [7, 11) is 5.23. The van der Waals surface area contributed by atoms with E-state index in [2.05, 4.69) is 4.74 Å². The summed E-state index contributed by atoms with van der Waals surface area (Å²) in [5.41, 5.74) is 0. The van der Waals surface area contributed by atoms with E-state index in [9.17, 15) is 9.90 Å².